The van der Waals surface area contributed by atoms with Crippen molar-refractivity contribution in [3.8, 4) is 0 Å². The lowest BCUT2D eigenvalue weighted by Gasteiger charge is -2.34. The highest BCUT2D eigenvalue weighted by Gasteiger charge is 2.21. The number of benzene rings is 2. The number of halogens is 1. The molecule has 1 heterocycles. The van der Waals surface area contributed by atoms with E-state index in [-0.39, 0.29) is 6.03 Å². The van der Waals surface area contributed by atoms with Gasteiger partial charge in [-0.25, -0.2) is 4.79 Å². The minimum atomic E-state index is -0.00630. The van der Waals surface area contributed by atoms with Gasteiger partial charge in [-0.2, -0.15) is 0 Å². The molecule has 0 unspecified atom stereocenters. The molecule has 3 rings (SSSR count). The molecule has 0 spiro atoms. The molecule has 26 heavy (non-hydrogen) atoms. The lowest BCUT2D eigenvalue weighted by molar-refractivity contribution is 0.148. The number of piperazine rings is 1. The third-order valence-electron chi connectivity index (χ3n) is 5.11. The van der Waals surface area contributed by atoms with Crippen LogP contribution in [-0.4, -0.2) is 48.6 Å². The Balaban J connectivity index is 1.47. The van der Waals surface area contributed by atoms with E-state index in [1.807, 2.05) is 42.2 Å². The Bertz CT molecular complexity index is 770. The predicted octanol–water partition coefficient (Wildman–Crippen LogP) is 4.35. The van der Waals surface area contributed by atoms with Gasteiger partial charge in [0.1, 0.15) is 0 Å². The molecule has 0 saturated carbocycles. The summed E-state index contributed by atoms with van der Waals surface area (Å²) in [5.74, 6) is 0. The van der Waals surface area contributed by atoms with Crippen LogP contribution in [0.2, 0.25) is 5.02 Å². The van der Waals surface area contributed by atoms with Gasteiger partial charge in [-0.3, -0.25) is 4.90 Å². The van der Waals surface area contributed by atoms with E-state index in [0.717, 1.165) is 55.4 Å². The normalized spacial score (nSPS) is 15.1. The van der Waals surface area contributed by atoms with Crippen LogP contribution in [0.15, 0.2) is 42.5 Å². The quantitative estimate of drug-likeness (QED) is 0.867. The fraction of sp³-hybridized carbons (Fsp3) is 0.381. The second kappa shape index (κ2) is 8.56. The van der Waals surface area contributed by atoms with Gasteiger partial charge in [0.15, 0.2) is 0 Å². The zero-order chi connectivity index (χ0) is 18.5. The van der Waals surface area contributed by atoms with Gasteiger partial charge in [-0.15, -0.1) is 0 Å². The van der Waals surface area contributed by atoms with E-state index in [0.29, 0.717) is 0 Å². The van der Waals surface area contributed by atoms with Gasteiger partial charge in [0.05, 0.1) is 0 Å². The molecule has 2 aromatic rings. The van der Waals surface area contributed by atoms with Gasteiger partial charge < -0.3 is 10.2 Å². The van der Waals surface area contributed by atoms with Gasteiger partial charge in [0.2, 0.25) is 0 Å². The van der Waals surface area contributed by atoms with Crippen LogP contribution < -0.4 is 5.32 Å². The summed E-state index contributed by atoms with van der Waals surface area (Å²) >= 11 is 6.04. The van der Waals surface area contributed by atoms with Crippen molar-refractivity contribution < 1.29 is 4.79 Å². The van der Waals surface area contributed by atoms with E-state index in [1.165, 1.54) is 11.1 Å². The lowest BCUT2D eigenvalue weighted by atomic mass is 10.1. The molecular weight excluding hydrogens is 346 g/mol. The first-order valence-electron chi connectivity index (χ1n) is 9.12. The highest BCUT2D eigenvalue weighted by Crippen LogP contribution is 2.19. The van der Waals surface area contributed by atoms with E-state index in [2.05, 4.69) is 29.3 Å². The van der Waals surface area contributed by atoms with Crippen LogP contribution >= 0.6 is 11.6 Å². The van der Waals surface area contributed by atoms with Crippen LogP contribution in [0.5, 0.6) is 0 Å². The van der Waals surface area contributed by atoms with Gasteiger partial charge in [0, 0.05) is 43.4 Å². The van der Waals surface area contributed by atoms with Crippen LogP contribution in [0.3, 0.4) is 0 Å². The average molecular weight is 372 g/mol. The van der Waals surface area contributed by atoms with E-state index >= 15 is 0 Å². The van der Waals surface area contributed by atoms with E-state index in [1.54, 1.807) is 0 Å². The number of carbonyl (C=O) groups is 1. The van der Waals surface area contributed by atoms with Crippen LogP contribution in [0.25, 0.3) is 0 Å². The maximum Gasteiger partial charge on any atom is 0.321 e. The van der Waals surface area contributed by atoms with Crippen molar-refractivity contribution in [3.63, 3.8) is 0 Å². The molecule has 1 fully saturated rings. The predicted molar refractivity (Wildman–Crippen MR) is 108 cm³/mol. The summed E-state index contributed by atoms with van der Waals surface area (Å²) in [6.45, 7) is 8.41. The maximum absolute atomic E-state index is 12.5. The molecule has 2 amide bonds. The summed E-state index contributed by atoms with van der Waals surface area (Å²) in [6.07, 6.45) is 0.981. The molecule has 1 aliphatic rings. The molecule has 0 aromatic heterocycles. The fourth-order valence-corrected chi connectivity index (χ4v) is 3.45. The average Bonchev–Trinajstić information content (AvgIpc) is 2.64. The summed E-state index contributed by atoms with van der Waals surface area (Å²) in [4.78, 5) is 16.8. The summed E-state index contributed by atoms with van der Waals surface area (Å²) in [5, 5.41) is 3.84. The molecule has 0 atom stereocenters. The molecule has 138 valence electrons. The Labute approximate surface area is 160 Å². The fourth-order valence-electron chi connectivity index (χ4n) is 3.24. The highest BCUT2D eigenvalue weighted by molar-refractivity contribution is 6.30. The zero-order valence-corrected chi connectivity index (χ0v) is 16.2. The third-order valence-corrected chi connectivity index (χ3v) is 5.35. The number of hydrogen-bond acceptors (Lipinski definition) is 2. The molecule has 4 nitrogen and oxygen atoms in total. The van der Waals surface area contributed by atoms with Crippen molar-refractivity contribution in [3.05, 3.63) is 64.2 Å². The number of carbonyl (C=O) groups excluding carboxylic acids is 1. The van der Waals surface area contributed by atoms with E-state index in [9.17, 15) is 4.79 Å². The number of urea groups is 1. The summed E-state index contributed by atoms with van der Waals surface area (Å²) < 4.78 is 0. The van der Waals surface area contributed by atoms with Gasteiger partial charge in [-0.05, 0) is 55.2 Å². The first-order valence-corrected chi connectivity index (χ1v) is 9.49. The van der Waals surface area contributed by atoms with Crippen LogP contribution in [0.4, 0.5) is 10.5 Å². The molecule has 1 N–H and O–H groups in total. The Morgan fingerprint density at radius 3 is 2.54 bits per heavy atom. The van der Waals surface area contributed by atoms with Crippen LogP contribution in [-0.2, 0) is 6.42 Å². The number of aryl methyl sites for hydroxylation is 1. The number of nitrogens with zero attached hydrogens (tertiary/aromatic N) is 2. The van der Waals surface area contributed by atoms with E-state index in [4.69, 9.17) is 11.6 Å². The van der Waals surface area contributed by atoms with Crippen molar-refractivity contribution in [2.24, 2.45) is 0 Å². The SMILES string of the molecule is Cc1cccc(NC(=O)N2CCN(CCc3cccc(Cl)c3)CC2)c1C. The molecule has 1 saturated heterocycles. The second-order valence-corrected chi connectivity index (χ2v) is 7.32. The van der Waals surface area contributed by atoms with Crippen LogP contribution in [0.1, 0.15) is 16.7 Å². The molecule has 5 heteroatoms. The van der Waals surface area contributed by atoms with E-state index < -0.39 is 0 Å². The number of nitrogens with one attached hydrogen (secondary N) is 1. The van der Waals surface area contributed by atoms with Crippen molar-refractivity contribution in [1.82, 2.24) is 9.80 Å². The topological polar surface area (TPSA) is 35.6 Å². The first kappa shape index (κ1) is 18.7. The Kier molecular flexibility index (Phi) is 6.17. The highest BCUT2D eigenvalue weighted by atomic mass is 35.5. The standard InChI is InChI=1S/C21H26ClN3O/c1-16-5-3-8-20(17(16)2)23-21(26)25-13-11-24(12-14-25)10-9-18-6-4-7-19(22)15-18/h3-8,15H,9-14H2,1-2H3,(H,23,26). The van der Waals surface area contributed by atoms with Gasteiger partial charge >= 0.3 is 6.03 Å². The summed E-state index contributed by atoms with van der Waals surface area (Å²) in [6, 6.07) is 14.0. The van der Waals surface area contributed by atoms with Gasteiger partial charge in [-0.1, -0.05) is 35.9 Å². The van der Waals surface area contributed by atoms with Crippen LogP contribution in [0, 0.1) is 13.8 Å². The molecule has 0 aliphatic carbocycles. The smallest absolute Gasteiger partial charge is 0.321 e. The Hall–Kier alpha value is -2.04. The summed E-state index contributed by atoms with van der Waals surface area (Å²) in [5.41, 5.74) is 4.47. The molecule has 2 aromatic carbocycles. The molecule has 1 aliphatic heterocycles. The minimum Gasteiger partial charge on any atom is -0.322 e. The minimum absolute atomic E-state index is 0.00630. The molecular formula is C21H26ClN3O. The lowest BCUT2D eigenvalue weighted by Crippen LogP contribution is -2.50. The maximum atomic E-state index is 12.5. The molecule has 0 bridgehead atoms. The third kappa shape index (κ3) is 4.77. The van der Waals surface area contributed by atoms with Gasteiger partial charge in [0.25, 0.3) is 0 Å². The van der Waals surface area contributed by atoms with Crippen molar-refractivity contribution >= 4 is 23.3 Å². The number of hydrogen-bond donors (Lipinski definition) is 1. The molecule has 0 radical (unpaired) electrons. The largest absolute Gasteiger partial charge is 0.322 e. The van der Waals surface area contributed by atoms with Crippen molar-refractivity contribution in [1.29, 1.82) is 0 Å². The van der Waals surface area contributed by atoms with Crippen molar-refractivity contribution in [2.75, 3.05) is 38.0 Å². The summed E-state index contributed by atoms with van der Waals surface area (Å²) in [7, 11) is 0. The first-order chi connectivity index (χ1) is 12.5. The second-order valence-electron chi connectivity index (χ2n) is 6.89. The Morgan fingerprint density at radius 2 is 1.81 bits per heavy atom. The Morgan fingerprint density at radius 1 is 1.08 bits per heavy atom. The number of rotatable bonds is 4. The number of anilines is 1. The number of amides is 2. The zero-order valence-electron chi connectivity index (χ0n) is 15.5. The van der Waals surface area contributed by atoms with Crippen molar-refractivity contribution in [2.45, 2.75) is 20.3 Å². The monoisotopic (exact) mass is 371 g/mol.